The number of hydrogen-bond donors (Lipinski definition) is 1. The van der Waals surface area contributed by atoms with Crippen LogP contribution in [0.1, 0.15) is 24.8 Å². The summed E-state index contributed by atoms with van der Waals surface area (Å²) in [5.74, 6) is -1.89. The van der Waals surface area contributed by atoms with E-state index in [9.17, 15) is 17.2 Å². The van der Waals surface area contributed by atoms with E-state index in [1.165, 1.54) is 0 Å². The van der Waals surface area contributed by atoms with Gasteiger partial charge in [0.1, 0.15) is 16.5 Å². The van der Waals surface area contributed by atoms with E-state index in [0.29, 0.717) is 13.0 Å². The molecule has 0 saturated carbocycles. The first kappa shape index (κ1) is 14.1. The highest BCUT2D eigenvalue weighted by Crippen LogP contribution is 2.26. The van der Waals surface area contributed by atoms with Crippen molar-refractivity contribution in [3.05, 3.63) is 29.3 Å². The van der Waals surface area contributed by atoms with Crippen LogP contribution in [0.4, 0.5) is 8.78 Å². The van der Waals surface area contributed by atoms with Gasteiger partial charge in [0.15, 0.2) is 9.84 Å². The fraction of sp³-hybridized carbons (Fsp3) is 0.455. The lowest BCUT2D eigenvalue weighted by molar-refractivity contribution is 0.534. The number of nitrogens with two attached hydrogens (primary N) is 1. The zero-order valence-electron chi connectivity index (χ0n) is 9.70. The predicted octanol–water partition coefficient (Wildman–Crippen LogP) is 1.82. The first-order valence-electron chi connectivity index (χ1n) is 5.16. The van der Waals surface area contributed by atoms with Crippen LogP contribution in [-0.4, -0.2) is 21.2 Å². The Morgan fingerprint density at radius 3 is 2.35 bits per heavy atom. The second kappa shape index (κ2) is 5.10. The molecule has 0 fully saturated rings. The monoisotopic (exact) mass is 263 g/mol. The van der Waals surface area contributed by atoms with Crippen LogP contribution in [0.2, 0.25) is 0 Å². The van der Waals surface area contributed by atoms with Crippen molar-refractivity contribution in [3.63, 3.8) is 0 Å². The highest BCUT2D eigenvalue weighted by molar-refractivity contribution is 7.90. The quantitative estimate of drug-likeness (QED) is 0.901. The van der Waals surface area contributed by atoms with Crippen molar-refractivity contribution >= 4 is 9.84 Å². The summed E-state index contributed by atoms with van der Waals surface area (Å²) in [4.78, 5) is -0.612. The molecule has 96 valence electrons. The molecule has 0 aromatic heterocycles. The summed E-state index contributed by atoms with van der Waals surface area (Å²) < 4.78 is 49.6. The van der Waals surface area contributed by atoms with E-state index in [2.05, 4.69) is 0 Å². The van der Waals surface area contributed by atoms with Crippen LogP contribution in [0.5, 0.6) is 0 Å². The van der Waals surface area contributed by atoms with Gasteiger partial charge in [0.2, 0.25) is 0 Å². The van der Waals surface area contributed by atoms with E-state index >= 15 is 0 Å². The molecule has 6 heteroatoms. The summed E-state index contributed by atoms with van der Waals surface area (Å²) in [7, 11) is -3.75. The van der Waals surface area contributed by atoms with Gasteiger partial charge in [-0.05, 0) is 36.6 Å². The van der Waals surface area contributed by atoms with Crippen LogP contribution in [-0.2, 0) is 9.84 Å². The van der Waals surface area contributed by atoms with E-state index in [4.69, 9.17) is 5.73 Å². The molecule has 0 aliphatic heterocycles. The minimum absolute atomic E-state index is 0.153. The molecular weight excluding hydrogens is 248 g/mol. The summed E-state index contributed by atoms with van der Waals surface area (Å²) >= 11 is 0. The third kappa shape index (κ3) is 3.23. The molecule has 3 nitrogen and oxygen atoms in total. The van der Waals surface area contributed by atoms with Crippen LogP contribution >= 0.6 is 0 Å². The molecule has 1 rings (SSSR count). The lowest BCUT2D eigenvalue weighted by Gasteiger charge is -2.13. The molecule has 1 unspecified atom stereocenters. The largest absolute Gasteiger partial charge is 0.330 e. The summed E-state index contributed by atoms with van der Waals surface area (Å²) in [5.41, 5.74) is 5.50. The Hall–Kier alpha value is -1.01. The van der Waals surface area contributed by atoms with Crippen LogP contribution in [0.3, 0.4) is 0 Å². The molecule has 1 aromatic rings. The molecule has 17 heavy (non-hydrogen) atoms. The van der Waals surface area contributed by atoms with Crippen molar-refractivity contribution in [2.45, 2.75) is 24.2 Å². The molecular formula is C11H15F2NO2S. The molecule has 0 bridgehead atoms. The van der Waals surface area contributed by atoms with E-state index in [1.807, 2.05) is 0 Å². The summed E-state index contributed by atoms with van der Waals surface area (Å²) in [6.45, 7) is 2.07. The predicted molar refractivity (Wildman–Crippen MR) is 61.6 cm³/mol. The average Bonchev–Trinajstić information content (AvgIpc) is 2.19. The SMILES string of the molecule is CC(CCN)c1cc(F)c(S(C)(=O)=O)cc1F. The third-order valence-electron chi connectivity index (χ3n) is 2.58. The van der Waals surface area contributed by atoms with E-state index < -0.39 is 26.4 Å². The topological polar surface area (TPSA) is 60.2 Å². The Kier molecular flexibility index (Phi) is 4.21. The maximum absolute atomic E-state index is 13.7. The molecule has 0 heterocycles. The van der Waals surface area contributed by atoms with Crippen molar-refractivity contribution in [3.8, 4) is 0 Å². The summed E-state index contributed by atoms with van der Waals surface area (Å²) in [6.07, 6.45) is 1.35. The number of rotatable bonds is 4. The average molecular weight is 263 g/mol. The van der Waals surface area contributed by atoms with Gasteiger partial charge in [-0.3, -0.25) is 0 Å². The Morgan fingerprint density at radius 1 is 1.29 bits per heavy atom. The fourth-order valence-corrected chi connectivity index (χ4v) is 2.34. The smallest absolute Gasteiger partial charge is 0.178 e. The minimum Gasteiger partial charge on any atom is -0.330 e. The molecule has 0 radical (unpaired) electrons. The number of hydrogen-bond acceptors (Lipinski definition) is 3. The fourth-order valence-electron chi connectivity index (χ4n) is 1.61. The molecule has 0 spiro atoms. The molecule has 0 saturated heterocycles. The molecule has 1 atom stereocenters. The first-order valence-corrected chi connectivity index (χ1v) is 7.05. The van der Waals surface area contributed by atoms with Gasteiger partial charge < -0.3 is 5.73 Å². The van der Waals surface area contributed by atoms with Crippen molar-refractivity contribution in [2.24, 2.45) is 5.73 Å². The Labute approximate surface area is 99.6 Å². The molecule has 1 aromatic carbocycles. The van der Waals surface area contributed by atoms with Crippen molar-refractivity contribution in [1.82, 2.24) is 0 Å². The zero-order chi connectivity index (χ0) is 13.2. The highest BCUT2D eigenvalue weighted by atomic mass is 32.2. The van der Waals surface area contributed by atoms with Gasteiger partial charge >= 0.3 is 0 Å². The molecule has 0 aliphatic rings. The van der Waals surface area contributed by atoms with Gasteiger partial charge in [0, 0.05) is 6.26 Å². The standard InChI is InChI=1S/C11H15F2NO2S/c1-7(3-4-14)8-5-10(13)11(6-9(8)12)17(2,15)16/h5-7H,3-4,14H2,1-2H3. The molecule has 0 aliphatic carbocycles. The maximum Gasteiger partial charge on any atom is 0.178 e. The number of halogens is 2. The van der Waals surface area contributed by atoms with Gasteiger partial charge in [-0.2, -0.15) is 0 Å². The van der Waals surface area contributed by atoms with Gasteiger partial charge in [0.25, 0.3) is 0 Å². The van der Waals surface area contributed by atoms with E-state index in [0.717, 1.165) is 18.4 Å². The Morgan fingerprint density at radius 2 is 1.88 bits per heavy atom. The second-order valence-corrected chi connectivity index (χ2v) is 6.04. The van der Waals surface area contributed by atoms with Gasteiger partial charge in [-0.25, -0.2) is 17.2 Å². The Bertz CT molecular complexity index is 514. The zero-order valence-corrected chi connectivity index (χ0v) is 10.5. The lowest BCUT2D eigenvalue weighted by Crippen LogP contribution is -2.09. The molecule has 0 amide bonds. The van der Waals surface area contributed by atoms with Crippen molar-refractivity contribution in [1.29, 1.82) is 0 Å². The van der Waals surface area contributed by atoms with E-state index in [-0.39, 0.29) is 11.5 Å². The molecule has 2 N–H and O–H groups in total. The third-order valence-corrected chi connectivity index (χ3v) is 3.69. The first-order chi connectivity index (χ1) is 7.77. The number of sulfone groups is 1. The number of benzene rings is 1. The second-order valence-electron chi connectivity index (χ2n) is 4.05. The van der Waals surface area contributed by atoms with Crippen molar-refractivity contribution < 1.29 is 17.2 Å². The minimum atomic E-state index is -3.75. The lowest BCUT2D eigenvalue weighted by atomic mass is 9.97. The normalized spacial score (nSPS) is 13.7. The van der Waals surface area contributed by atoms with Gasteiger partial charge in [-0.1, -0.05) is 6.92 Å². The summed E-state index contributed by atoms with van der Waals surface area (Å²) in [6, 6.07) is 1.67. The van der Waals surface area contributed by atoms with E-state index in [1.54, 1.807) is 6.92 Å². The van der Waals surface area contributed by atoms with Crippen molar-refractivity contribution in [2.75, 3.05) is 12.8 Å². The van der Waals surface area contributed by atoms with Gasteiger partial charge in [-0.15, -0.1) is 0 Å². The van der Waals surface area contributed by atoms with Crippen LogP contribution in [0.25, 0.3) is 0 Å². The van der Waals surface area contributed by atoms with Crippen LogP contribution < -0.4 is 5.73 Å². The van der Waals surface area contributed by atoms with Crippen LogP contribution in [0.15, 0.2) is 17.0 Å². The van der Waals surface area contributed by atoms with Gasteiger partial charge in [0.05, 0.1) is 0 Å². The Balaban J connectivity index is 3.28. The summed E-state index contributed by atoms with van der Waals surface area (Å²) in [5, 5.41) is 0. The highest BCUT2D eigenvalue weighted by Gasteiger charge is 2.19. The van der Waals surface area contributed by atoms with Crippen LogP contribution in [0, 0.1) is 11.6 Å². The maximum atomic E-state index is 13.7.